The third kappa shape index (κ3) is 2.57. The van der Waals surface area contributed by atoms with Crippen LogP contribution in [-0.2, 0) is 10.1 Å². The van der Waals surface area contributed by atoms with E-state index in [1.54, 1.807) is 0 Å². The average molecular weight is 247 g/mol. The summed E-state index contributed by atoms with van der Waals surface area (Å²) in [5.74, 6) is 1.62. The van der Waals surface area contributed by atoms with E-state index < -0.39 is 10.1 Å². The minimum Gasteiger partial charge on any atom is -0.327 e. The van der Waals surface area contributed by atoms with Crippen molar-refractivity contribution in [2.75, 3.05) is 5.75 Å². The van der Waals surface area contributed by atoms with Crippen molar-refractivity contribution in [3.63, 3.8) is 0 Å². The molecule has 0 aromatic heterocycles. The van der Waals surface area contributed by atoms with E-state index in [9.17, 15) is 8.42 Å². The maximum absolute atomic E-state index is 10.8. The molecule has 2 rings (SSSR count). The Kier molecular flexibility index (Phi) is 3.29. The van der Waals surface area contributed by atoms with Gasteiger partial charge in [-0.3, -0.25) is 4.55 Å². The van der Waals surface area contributed by atoms with Gasteiger partial charge in [0, 0.05) is 6.04 Å². The molecule has 0 heterocycles. The monoisotopic (exact) mass is 247 g/mol. The fraction of sp³-hybridized carbons (Fsp3) is 1.00. The first-order valence-electron chi connectivity index (χ1n) is 6.07. The van der Waals surface area contributed by atoms with Gasteiger partial charge >= 0.3 is 0 Å². The lowest BCUT2D eigenvalue weighted by molar-refractivity contribution is 0.241. The molecule has 0 aliphatic heterocycles. The van der Waals surface area contributed by atoms with Crippen LogP contribution in [0.5, 0.6) is 0 Å². The van der Waals surface area contributed by atoms with E-state index in [2.05, 4.69) is 0 Å². The van der Waals surface area contributed by atoms with Gasteiger partial charge in [-0.05, 0) is 42.9 Å². The van der Waals surface area contributed by atoms with Crippen LogP contribution in [0.15, 0.2) is 0 Å². The molecular formula is C11H21NO3S. The van der Waals surface area contributed by atoms with Crippen LogP contribution in [0.1, 0.15) is 32.6 Å². The number of fused-ring (bicyclic) bond motifs is 2. The van der Waals surface area contributed by atoms with Crippen LogP contribution in [0.2, 0.25) is 0 Å². The minimum absolute atomic E-state index is 0.0859. The third-order valence-electron chi connectivity index (χ3n) is 4.42. The van der Waals surface area contributed by atoms with Gasteiger partial charge in [0.15, 0.2) is 0 Å². The first-order chi connectivity index (χ1) is 7.37. The second kappa shape index (κ2) is 4.27. The summed E-state index contributed by atoms with van der Waals surface area (Å²) in [7, 11) is -3.89. The van der Waals surface area contributed by atoms with E-state index in [1.807, 2.05) is 6.92 Å². The highest BCUT2D eigenvalue weighted by molar-refractivity contribution is 7.85. The molecule has 2 fully saturated rings. The Morgan fingerprint density at radius 2 is 2.06 bits per heavy atom. The summed E-state index contributed by atoms with van der Waals surface area (Å²) in [6, 6.07) is -0.0859. The van der Waals surface area contributed by atoms with Crippen molar-refractivity contribution in [2.45, 2.75) is 38.6 Å². The van der Waals surface area contributed by atoms with Crippen LogP contribution >= 0.6 is 0 Å². The number of rotatable bonds is 4. The largest absolute Gasteiger partial charge is 0.327 e. The lowest BCUT2D eigenvalue weighted by atomic mass is 9.79. The van der Waals surface area contributed by atoms with Crippen molar-refractivity contribution in [1.29, 1.82) is 0 Å². The van der Waals surface area contributed by atoms with E-state index in [0.717, 1.165) is 12.3 Å². The fourth-order valence-electron chi connectivity index (χ4n) is 3.63. The van der Waals surface area contributed by atoms with Gasteiger partial charge in [0.05, 0.1) is 5.75 Å². The zero-order chi connectivity index (χ0) is 11.9. The zero-order valence-electron chi connectivity index (χ0n) is 9.67. The second-order valence-electron chi connectivity index (χ2n) is 5.64. The van der Waals surface area contributed by atoms with Gasteiger partial charge in [-0.25, -0.2) is 0 Å². The summed E-state index contributed by atoms with van der Waals surface area (Å²) in [6.45, 7) is 1.82. The van der Waals surface area contributed by atoms with Crippen molar-refractivity contribution in [2.24, 2.45) is 29.4 Å². The highest BCUT2D eigenvalue weighted by Crippen LogP contribution is 2.50. The lowest BCUT2D eigenvalue weighted by Crippen LogP contribution is -2.41. The van der Waals surface area contributed by atoms with Gasteiger partial charge < -0.3 is 5.73 Å². The van der Waals surface area contributed by atoms with Gasteiger partial charge in [0.1, 0.15) is 0 Å². The van der Waals surface area contributed by atoms with E-state index in [1.165, 1.54) is 19.3 Å². The Bertz CT molecular complexity index is 354. The van der Waals surface area contributed by atoms with Gasteiger partial charge in [0.2, 0.25) is 0 Å². The standard InChI is InChI=1S/C11H21NO3S/c1-7(6-16(13,14)15)11(12)10-5-8-2-3-9(10)4-8/h7-11H,2-6,12H2,1H3,(H,13,14,15). The molecule has 16 heavy (non-hydrogen) atoms. The highest BCUT2D eigenvalue weighted by Gasteiger charge is 2.43. The summed E-state index contributed by atoms with van der Waals surface area (Å²) in [5.41, 5.74) is 6.14. The van der Waals surface area contributed by atoms with Crippen molar-refractivity contribution in [3.05, 3.63) is 0 Å². The second-order valence-corrected chi connectivity index (χ2v) is 7.14. The first-order valence-corrected chi connectivity index (χ1v) is 7.68. The lowest BCUT2D eigenvalue weighted by Gasteiger charge is -2.31. The Morgan fingerprint density at radius 1 is 1.38 bits per heavy atom. The molecule has 0 spiro atoms. The minimum atomic E-state index is -3.89. The third-order valence-corrected chi connectivity index (χ3v) is 5.36. The molecule has 0 aromatic carbocycles. The fourth-order valence-corrected chi connectivity index (χ4v) is 4.52. The van der Waals surface area contributed by atoms with Crippen LogP contribution < -0.4 is 5.73 Å². The van der Waals surface area contributed by atoms with Crippen molar-refractivity contribution >= 4 is 10.1 Å². The normalized spacial score (nSPS) is 37.6. The summed E-state index contributed by atoms with van der Waals surface area (Å²) in [4.78, 5) is 0. The molecule has 2 saturated carbocycles. The van der Waals surface area contributed by atoms with Crippen LogP contribution in [0.4, 0.5) is 0 Å². The van der Waals surface area contributed by atoms with Crippen molar-refractivity contribution < 1.29 is 13.0 Å². The molecule has 5 heteroatoms. The molecule has 94 valence electrons. The van der Waals surface area contributed by atoms with Crippen LogP contribution in [0.3, 0.4) is 0 Å². The molecule has 2 aliphatic carbocycles. The van der Waals surface area contributed by atoms with E-state index in [4.69, 9.17) is 10.3 Å². The quantitative estimate of drug-likeness (QED) is 0.733. The number of nitrogens with two attached hydrogens (primary N) is 1. The van der Waals surface area contributed by atoms with Gasteiger partial charge in [0.25, 0.3) is 10.1 Å². The number of hydrogen-bond donors (Lipinski definition) is 2. The smallest absolute Gasteiger partial charge is 0.265 e. The summed E-state index contributed by atoms with van der Waals surface area (Å²) in [6.07, 6.45) is 5.00. The first kappa shape index (κ1) is 12.3. The molecule has 0 saturated heterocycles. The summed E-state index contributed by atoms with van der Waals surface area (Å²) < 4.78 is 30.5. The van der Waals surface area contributed by atoms with Crippen LogP contribution in [0.25, 0.3) is 0 Å². The highest BCUT2D eigenvalue weighted by atomic mass is 32.2. The van der Waals surface area contributed by atoms with Crippen molar-refractivity contribution in [1.82, 2.24) is 0 Å². The topological polar surface area (TPSA) is 80.4 Å². The van der Waals surface area contributed by atoms with Gasteiger partial charge in [-0.15, -0.1) is 0 Å². The molecule has 3 N–H and O–H groups in total. The maximum atomic E-state index is 10.8. The predicted octanol–water partition coefficient (Wildman–Crippen LogP) is 1.27. The predicted molar refractivity (Wildman–Crippen MR) is 62.5 cm³/mol. The molecule has 0 amide bonds. The SMILES string of the molecule is CC(CS(=O)(=O)O)C(N)C1CC2CCC1C2. The zero-order valence-corrected chi connectivity index (χ0v) is 10.5. The van der Waals surface area contributed by atoms with Gasteiger partial charge in [-0.1, -0.05) is 13.3 Å². The molecule has 5 unspecified atom stereocenters. The molecule has 2 bridgehead atoms. The molecule has 0 aromatic rings. The average Bonchev–Trinajstić information content (AvgIpc) is 2.74. The number of hydrogen-bond acceptors (Lipinski definition) is 3. The Balaban J connectivity index is 1.95. The molecule has 2 aliphatic rings. The Hall–Kier alpha value is -0.130. The molecule has 0 radical (unpaired) electrons. The van der Waals surface area contributed by atoms with Crippen molar-refractivity contribution in [3.8, 4) is 0 Å². The summed E-state index contributed by atoms with van der Waals surface area (Å²) in [5, 5.41) is 0. The molecule has 5 atom stereocenters. The Morgan fingerprint density at radius 3 is 2.50 bits per heavy atom. The molecule has 4 nitrogen and oxygen atoms in total. The van der Waals surface area contributed by atoms with Crippen LogP contribution in [-0.4, -0.2) is 24.8 Å². The van der Waals surface area contributed by atoms with E-state index in [0.29, 0.717) is 11.8 Å². The van der Waals surface area contributed by atoms with E-state index >= 15 is 0 Å². The van der Waals surface area contributed by atoms with Crippen LogP contribution in [0, 0.1) is 23.7 Å². The molecular weight excluding hydrogens is 226 g/mol. The summed E-state index contributed by atoms with van der Waals surface area (Å²) >= 11 is 0. The van der Waals surface area contributed by atoms with Gasteiger partial charge in [-0.2, -0.15) is 8.42 Å². The Labute approximate surface area is 97.3 Å². The van der Waals surface area contributed by atoms with E-state index in [-0.39, 0.29) is 17.7 Å². The maximum Gasteiger partial charge on any atom is 0.265 e.